The van der Waals surface area contributed by atoms with E-state index in [9.17, 15) is 4.79 Å². The quantitative estimate of drug-likeness (QED) is 0.558. The van der Waals surface area contributed by atoms with E-state index in [0.717, 1.165) is 58.3 Å². The molecule has 1 N–H and O–H groups in total. The Kier molecular flexibility index (Phi) is 5.96. The number of esters is 1. The second-order valence-electron chi connectivity index (χ2n) is 10.8. The Bertz CT molecular complexity index is 801. The van der Waals surface area contributed by atoms with E-state index >= 15 is 0 Å². The smallest absolute Gasteiger partial charge is 0.310 e. The highest BCUT2D eigenvalue weighted by molar-refractivity contribution is 5.75. The number of rotatable bonds is 5. The lowest BCUT2D eigenvalue weighted by Crippen LogP contribution is -2.47. The van der Waals surface area contributed by atoms with Gasteiger partial charge in [0.1, 0.15) is 6.10 Å². The van der Waals surface area contributed by atoms with Crippen molar-refractivity contribution >= 4 is 5.97 Å². The predicted octanol–water partition coefficient (Wildman–Crippen LogP) is 4.55. The average Bonchev–Trinajstić information content (AvgIpc) is 3.06. The van der Waals surface area contributed by atoms with E-state index in [1.165, 1.54) is 24.0 Å². The number of piperidine rings is 1. The molecule has 5 atom stereocenters. The lowest BCUT2D eigenvalue weighted by molar-refractivity contribution is -0.146. The fourth-order valence-corrected chi connectivity index (χ4v) is 6.92. The van der Waals surface area contributed by atoms with Gasteiger partial charge >= 0.3 is 5.97 Å². The maximum absolute atomic E-state index is 12.8. The molecule has 0 aromatic heterocycles. The molecule has 4 heteroatoms. The minimum atomic E-state index is 0.0200. The molecule has 4 fully saturated rings. The number of hydrogen-bond acceptors (Lipinski definition) is 4. The molecule has 0 spiro atoms. The zero-order valence-electron chi connectivity index (χ0n) is 19.0. The van der Waals surface area contributed by atoms with Crippen LogP contribution in [0.4, 0.5) is 0 Å². The first kappa shape index (κ1) is 21.2. The number of nitrogens with zero attached hydrogens (tertiary/aromatic N) is 1. The summed E-state index contributed by atoms with van der Waals surface area (Å²) >= 11 is 0. The second kappa shape index (κ2) is 8.71. The molecule has 4 aliphatic rings. The summed E-state index contributed by atoms with van der Waals surface area (Å²) in [5, 5.41) is 3.75. The molecule has 0 bridgehead atoms. The van der Waals surface area contributed by atoms with Crippen molar-refractivity contribution in [1.29, 1.82) is 0 Å². The van der Waals surface area contributed by atoms with Gasteiger partial charge in [-0.25, -0.2) is 0 Å². The van der Waals surface area contributed by atoms with E-state index in [2.05, 4.69) is 54.1 Å². The number of carbonyl (C=O) groups is 1. The van der Waals surface area contributed by atoms with Crippen LogP contribution in [0.3, 0.4) is 0 Å². The van der Waals surface area contributed by atoms with Gasteiger partial charge in [0.25, 0.3) is 0 Å². The van der Waals surface area contributed by atoms with Crippen molar-refractivity contribution in [2.75, 3.05) is 19.6 Å². The lowest BCUT2D eigenvalue weighted by Gasteiger charge is -2.50. The van der Waals surface area contributed by atoms with Crippen LogP contribution in [0.5, 0.6) is 0 Å². The van der Waals surface area contributed by atoms with Crippen molar-refractivity contribution in [3.05, 3.63) is 48.0 Å². The summed E-state index contributed by atoms with van der Waals surface area (Å²) in [5.41, 5.74) is 3.09. The molecule has 0 radical (unpaired) electrons. The Morgan fingerprint density at radius 2 is 2.00 bits per heavy atom. The number of benzene rings is 1. The molecule has 2 saturated carbocycles. The van der Waals surface area contributed by atoms with Crippen LogP contribution in [0.2, 0.25) is 0 Å². The largest absolute Gasteiger partial charge is 0.462 e. The zero-order chi connectivity index (χ0) is 21.4. The summed E-state index contributed by atoms with van der Waals surface area (Å²) < 4.78 is 5.93. The van der Waals surface area contributed by atoms with Gasteiger partial charge in [-0.15, -0.1) is 0 Å². The molecule has 2 aliphatic carbocycles. The van der Waals surface area contributed by atoms with Gasteiger partial charge in [0.2, 0.25) is 0 Å². The minimum absolute atomic E-state index is 0.0200. The summed E-state index contributed by atoms with van der Waals surface area (Å²) in [7, 11) is 0. The Hall–Kier alpha value is -1.65. The maximum atomic E-state index is 12.8. The molecule has 2 unspecified atom stereocenters. The standard InChI is InChI=1S/C27H38N2O2/c1-19-7-6-12-27(2)16-25-22(15-24(19)27)23(26(30)31-25)17-28-21-10-13-29(14-11-21)18-20-8-4-3-5-9-20/h3-5,8-9,21-25,28H,1,6-7,10-18H2,2H3/t22-,23?,24?,25-,27-/m1/s1. The Labute approximate surface area is 187 Å². The van der Waals surface area contributed by atoms with Gasteiger partial charge in [-0.1, -0.05) is 49.4 Å². The van der Waals surface area contributed by atoms with Crippen LogP contribution in [0.15, 0.2) is 42.5 Å². The third-order valence-corrected chi connectivity index (χ3v) is 8.78. The number of hydrogen-bond donors (Lipinski definition) is 1. The Morgan fingerprint density at radius 3 is 2.77 bits per heavy atom. The molecular formula is C27H38N2O2. The van der Waals surface area contributed by atoms with Gasteiger partial charge in [0.15, 0.2) is 0 Å². The molecule has 2 aliphatic heterocycles. The van der Waals surface area contributed by atoms with E-state index in [4.69, 9.17) is 4.74 Å². The number of allylic oxidation sites excluding steroid dienone is 1. The highest BCUT2D eigenvalue weighted by Gasteiger charge is 2.55. The van der Waals surface area contributed by atoms with E-state index in [1.54, 1.807) is 0 Å². The third-order valence-electron chi connectivity index (χ3n) is 8.78. The lowest BCUT2D eigenvalue weighted by atomic mass is 9.55. The number of fused-ring (bicyclic) bond motifs is 2. The topological polar surface area (TPSA) is 41.6 Å². The summed E-state index contributed by atoms with van der Waals surface area (Å²) in [5.74, 6) is 0.996. The monoisotopic (exact) mass is 422 g/mol. The average molecular weight is 423 g/mol. The fourth-order valence-electron chi connectivity index (χ4n) is 6.92. The highest BCUT2D eigenvalue weighted by Crippen LogP contribution is 2.56. The second-order valence-corrected chi connectivity index (χ2v) is 10.8. The van der Waals surface area contributed by atoms with Gasteiger partial charge in [-0.3, -0.25) is 9.69 Å². The van der Waals surface area contributed by atoms with Crippen molar-refractivity contribution in [1.82, 2.24) is 10.2 Å². The van der Waals surface area contributed by atoms with Crippen LogP contribution in [0.1, 0.15) is 57.4 Å². The highest BCUT2D eigenvalue weighted by atomic mass is 16.6. The summed E-state index contributed by atoms with van der Waals surface area (Å²) in [6.45, 7) is 10.9. The van der Waals surface area contributed by atoms with Gasteiger partial charge in [0, 0.05) is 25.0 Å². The molecule has 168 valence electrons. The van der Waals surface area contributed by atoms with Crippen molar-refractivity contribution < 1.29 is 9.53 Å². The van der Waals surface area contributed by atoms with E-state index in [-0.39, 0.29) is 23.4 Å². The number of nitrogens with one attached hydrogen (secondary N) is 1. The summed E-state index contributed by atoms with van der Waals surface area (Å²) in [4.78, 5) is 15.3. The Balaban J connectivity index is 1.13. The van der Waals surface area contributed by atoms with Crippen LogP contribution in [-0.2, 0) is 16.1 Å². The molecule has 1 aromatic rings. The van der Waals surface area contributed by atoms with Crippen LogP contribution in [0.25, 0.3) is 0 Å². The van der Waals surface area contributed by atoms with Gasteiger partial charge in [-0.05, 0) is 74.9 Å². The fraction of sp³-hybridized carbons (Fsp3) is 0.667. The number of carbonyl (C=O) groups excluding carboxylic acids is 1. The SMILES string of the molecule is C=C1CCC[C@]2(C)C[C@H]3OC(=O)C(CNC4CCN(Cc5ccccc5)CC4)[C@H]3CC12. The molecular weight excluding hydrogens is 384 g/mol. The summed E-state index contributed by atoms with van der Waals surface area (Å²) in [6, 6.07) is 11.3. The maximum Gasteiger partial charge on any atom is 0.310 e. The van der Waals surface area contributed by atoms with Crippen molar-refractivity contribution in [2.45, 2.75) is 70.6 Å². The van der Waals surface area contributed by atoms with Crippen molar-refractivity contribution in [2.24, 2.45) is 23.2 Å². The van der Waals surface area contributed by atoms with Gasteiger partial charge in [0.05, 0.1) is 5.92 Å². The Morgan fingerprint density at radius 1 is 1.23 bits per heavy atom. The molecule has 1 aromatic carbocycles. The first-order valence-electron chi connectivity index (χ1n) is 12.4. The van der Waals surface area contributed by atoms with Crippen LogP contribution < -0.4 is 5.32 Å². The molecule has 0 amide bonds. The minimum Gasteiger partial charge on any atom is -0.462 e. The molecule has 2 heterocycles. The first-order chi connectivity index (χ1) is 15.0. The van der Waals surface area contributed by atoms with Crippen LogP contribution >= 0.6 is 0 Å². The third kappa shape index (κ3) is 4.34. The van der Waals surface area contributed by atoms with E-state index < -0.39 is 0 Å². The van der Waals surface area contributed by atoms with E-state index in [1.807, 2.05) is 0 Å². The summed E-state index contributed by atoms with van der Waals surface area (Å²) in [6.07, 6.45) is 8.21. The normalized spacial score (nSPS) is 36.7. The molecule has 31 heavy (non-hydrogen) atoms. The molecule has 2 saturated heterocycles. The molecule has 4 nitrogen and oxygen atoms in total. The molecule has 5 rings (SSSR count). The number of likely N-dealkylation sites (tertiary alicyclic amines) is 1. The first-order valence-corrected chi connectivity index (χ1v) is 12.4. The van der Waals surface area contributed by atoms with Crippen LogP contribution in [-0.4, -0.2) is 42.6 Å². The van der Waals surface area contributed by atoms with Gasteiger partial charge < -0.3 is 10.1 Å². The van der Waals surface area contributed by atoms with Gasteiger partial charge in [-0.2, -0.15) is 0 Å². The van der Waals surface area contributed by atoms with Crippen LogP contribution in [0, 0.1) is 23.2 Å². The van der Waals surface area contributed by atoms with Crippen molar-refractivity contribution in [3.63, 3.8) is 0 Å². The van der Waals surface area contributed by atoms with Crippen molar-refractivity contribution in [3.8, 4) is 0 Å². The zero-order valence-corrected chi connectivity index (χ0v) is 19.0. The number of ether oxygens (including phenoxy) is 1. The van der Waals surface area contributed by atoms with E-state index in [0.29, 0.717) is 17.9 Å². The predicted molar refractivity (Wildman–Crippen MR) is 123 cm³/mol.